The highest BCUT2D eigenvalue weighted by atomic mass is 35.5. The number of rotatable bonds is 5. The molecule has 1 aromatic heterocycles. The first-order valence-electron chi connectivity index (χ1n) is 6.41. The van der Waals surface area contributed by atoms with Gasteiger partial charge in [0, 0.05) is 12.6 Å². The molecule has 0 saturated carbocycles. The van der Waals surface area contributed by atoms with Gasteiger partial charge in [-0.25, -0.2) is 9.78 Å². The van der Waals surface area contributed by atoms with Crippen molar-refractivity contribution in [1.29, 1.82) is 0 Å². The highest BCUT2D eigenvalue weighted by Gasteiger charge is 2.12. The van der Waals surface area contributed by atoms with Crippen molar-refractivity contribution in [2.45, 2.75) is 19.3 Å². The highest BCUT2D eigenvalue weighted by Crippen LogP contribution is 2.19. The number of likely N-dealkylation sites (tertiary alicyclic amines) is 1. The number of piperidine rings is 1. The van der Waals surface area contributed by atoms with Crippen LogP contribution in [0.15, 0.2) is 12.3 Å². The fraction of sp³-hybridized carbons (Fsp3) is 0.538. The number of aromatic carboxylic acids is 1. The molecule has 1 aliphatic heterocycles. The van der Waals surface area contributed by atoms with E-state index in [1.54, 1.807) is 0 Å². The molecule has 0 spiro atoms. The van der Waals surface area contributed by atoms with Crippen LogP contribution < -0.4 is 4.74 Å². The Morgan fingerprint density at radius 1 is 1.42 bits per heavy atom. The average Bonchev–Trinajstić information content (AvgIpc) is 2.41. The van der Waals surface area contributed by atoms with Crippen molar-refractivity contribution in [3.63, 3.8) is 0 Å². The van der Waals surface area contributed by atoms with E-state index >= 15 is 0 Å². The van der Waals surface area contributed by atoms with Crippen molar-refractivity contribution in [1.82, 2.24) is 9.88 Å². The molecule has 0 amide bonds. The number of nitrogens with zero attached hydrogens (tertiary/aromatic N) is 2. The highest BCUT2D eigenvalue weighted by molar-refractivity contribution is 6.33. The molecule has 1 N–H and O–H groups in total. The maximum absolute atomic E-state index is 10.9. The van der Waals surface area contributed by atoms with Crippen molar-refractivity contribution < 1.29 is 14.6 Å². The second-order valence-corrected chi connectivity index (χ2v) is 4.97. The van der Waals surface area contributed by atoms with E-state index in [2.05, 4.69) is 9.88 Å². The Morgan fingerprint density at radius 2 is 2.16 bits per heavy atom. The summed E-state index contributed by atoms with van der Waals surface area (Å²) >= 11 is 5.74. The third-order valence-corrected chi connectivity index (χ3v) is 3.47. The number of carboxylic acid groups (broad SMARTS) is 1. The summed E-state index contributed by atoms with van der Waals surface area (Å²) in [7, 11) is 0. The Labute approximate surface area is 117 Å². The molecule has 0 unspecified atom stereocenters. The quantitative estimate of drug-likeness (QED) is 0.899. The second-order valence-electron chi connectivity index (χ2n) is 4.56. The average molecular weight is 285 g/mol. The van der Waals surface area contributed by atoms with Crippen LogP contribution in [-0.4, -0.2) is 47.2 Å². The summed E-state index contributed by atoms with van der Waals surface area (Å²) in [6, 6.07) is 1.36. The van der Waals surface area contributed by atoms with Crippen LogP contribution in [0.2, 0.25) is 5.02 Å². The summed E-state index contributed by atoms with van der Waals surface area (Å²) < 4.78 is 5.48. The number of ether oxygens (including phenoxy) is 1. The molecule has 5 nitrogen and oxygen atoms in total. The maximum Gasteiger partial charge on any atom is 0.337 e. The van der Waals surface area contributed by atoms with Gasteiger partial charge >= 0.3 is 5.97 Å². The van der Waals surface area contributed by atoms with E-state index in [9.17, 15) is 4.79 Å². The number of hydrogen-bond donors (Lipinski definition) is 1. The van der Waals surface area contributed by atoms with E-state index in [1.807, 2.05) is 0 Å². The van der Waals surface area contributed by atoms with Gasteiger partial charge in [-0.05, 0) is 25.9 Å². The van der Waals surface area contributed by atoms with Gasteiger partial charge in [0.15, 0.2) is 0 Å². The minimum absolute atomic E-state index is 0.0182. The lowest BCUT2D eigenvalue weighted by molar-refractivity contribution is 0.0696. The van der Waals surface area contributed by atoms with E-state index in [0.29, 0.717) is 12.5 Å². The molecule has 0 aliphatic carbocycles. The number of aromatic nitrogens is 1. The van der Waals surface area contributed by atoms with Crippen molar-refractivity contribution in [2.24, 2.45) is 0 Å². The fourth-order valence-electron chi connectivity index (χ4n) is 2.12. The smallest absolute Gasteiger partial charge is 0.337 e. The Balaban J connectivity index is 1.85. The maximum atomic E-state index is 10.9. The van der Waals surface area contributed by atoms with Crippen molar-refractivity contribution >= 4 is 17.6 Å². The molecule has 1 aromatic rings. The van der Waals surface area contributed by atoms with Gasteiger partial charge < -0.3 is 9.84 Å². The SMILES string of the molecule is O=C(O)c1cc(OCCN2CCCCC2)ncc1Cl. The first kappa shape index (κ1) is 14.1. The zero-order valence-corrected chi connectivity index (χ0v) is 11.4. The molecule has 104 valence electrons. The van der Waals surface area contributed by atoms with Gasteiger partial charge in [-0.1, -0.05) is 18.0 Å². The molecule has 19 heavy (non-hydrogen) atoms. The summed E-state index contributed by atoms with van der Waals surface area (Å²) in [6.45, 7) is 3.57. The van der Waals surface area contributed by atoms with E-state index in [1.165, 1.54) is 31.5 Å². The molecule has 6 heteroatoms. The van der Waals surface area contributed by atoms with Crippen LogP contribution in [-0.2, 0) is 0 Å². The van der Waals surface area contributed by atoms with Crippen molar-refractivity contribution in [3.05, 3.63) is 22.8 Å². The standard InChI is InChI=1S/C13H17ClN2O3/c14-11-9-15-12(8-10(11)13(17)18)19-7-6-16-4-2-1-3-5-16/h8-9H,1-7H2,(H,17,18). The van der Waals surface area contributed by atoms with Crippen LogP contribution in [0.3, 0.4) is 0 Å². The van der Waals surface area contributed by atoms with Crippen molar-refractivity contribution in [2.75, 3.05) is 26.2 Å². The zero-order valence-electron chi connectivity index (χ0n) is 10.6. The predicted octanol–water partition coefficient (Wildman–Crippen LogP) is 2.30. The van der Waals surface area contributed by atoms with Gasteiger partial charge in [0.25, 0.3) is 0 Å². The van der Waals surface area contributed by atoms with Gasteiger partial charge in [-0.3, -0.25) is 4.90 Å². The van der Waals surface area contributed by atoms with Crippen LogP contribution in [0.5, 0.6) is 5.88 Å². The van der Waals surface area contributed by atoms with E-state index in [4.69, 9.17) is 21.4 Å². The second kappa shape index (κ2) is 6.73. The molecule has 0 radical (unpaired) electrons. The van der Waals surface area contributed by atoms with Crippen molar-refractivity contribution in [3.8, 4) is 5.88 Å². The van der Waals surface area contributed by atoms with Gasteiger partial charge in [-0.2, -0.15) is 0 Å². The lowest BCUT2D eigenvalue weighted by atomic mass is 10.1. The Morgan fingerprint density at radius 3 is 2.84 bits per heavy atom. The Kier molecular flexibility index (Phi) is 4.99. The van der Waals surface area contributed by atoms with Gasteiger partial charge in [-0.15, -0.1) is 0 Å². The lowest BCUT2D eigenvalue weighted by Gasteiger charge is -2.26. The fourth-order valence-corrected chi connectivity index (χ4v) is 2.31. The molecule has 0 aromatic carbocycles. The molecular formula is C13H17ClN2O3. The zero-order chi connectivity index (χ0) is 13.7. The van der Waals surface area contributed by atoms with Crippen LogP contribution >= 0.6 is 11.6 Å². The van der Waals surface area contributed by atoms with E-state index < -0.39 is 5.97 Å². The third kappa shape index (κ3) is 4.08. The molecular weight excluding hydrogens is 268 g/mol. The number of carboxylic acids is 1. The largest absolute Gasteiger partial charge is 0.478 e. The molecule has 2 heterocycles. The number of carbonyl (C=O) groups is 1. The number of hydrogen-bond acceptors (Lipinski definition) is 4. The van der Waals surface area contributed by atoms with E-state index in [-0.39, 0.29) is 10.6 Å². The van der Waals surface area contributed by atoms with Gasteiger partial charge in [0.2, 0.25) is 5.88 Å². The topological polar surface area (TPSA) is 62.7 Å². The van der Waals surface area contributed by atoms with Crippen LogP contribution in [0.4, 0.5) is 0 Å². The predicted molar refractivity (Wildman–Crippen MR) is 72.0 cm³/mol. The van der Waals surface area contributed by atoms with Gasteiger partial charge in [0.05, 0.1) is 16.8 Å². The van der Waals surface area contributed by atoms with E-state index in [0.717, 1.165) is 19.6 Å². The number of pyridine rings is 1. The minimum Gasteiger partial charge on any atom is -0.478 e. The van der Waals surface area contributed by atoms with Crippen LogP contribution in [0.25, 0.3) is 0 Å². The Hall–Kier alpha value is -1.33. The monoisotopic (exact) mass is 284 g/mol. The minimum atomic E-state index is -1.08. The summed E-state index contributed by atoms with van der Waals surface area (Å²) in [6.07, 6.45) is 5.09. The first-order chi connectivity index (χ1) is 9.16. The summed E-state index contributed by atoms with van der Waals surface area (Å²) in [5, 5.41) is 9.06. The van der Waals surface area contributed by atoms with Crippen LogP contribution in [0.1, 0.15) is 29.6 Å². The summed E-state index contributed by atoms with van der Waals surface area (Å²) in [5.74, 6) is -0.771. The molecule has 1 saturated heterocycles. The normalized spacial score (nSPS) is 16.3. The summed E-state index contributed by atoms with van der Waals surface area (Å²) in [4.78, 5) is 17.2. The Bertz CT molecular complexity index is 448. The molecule has 1 fully saturated rings. The molecule has 2 rings (SSSR count). The lowest BCUT2D eigenvalue weighted by Crippen LogP contribution is -2.33. The number of halogens is 1. The molecule has 0 bridgehead atoms. The molecule has 1 aliphatic rings. The summed E-state index contributed by atoms with van der Waals surface area (Å²) in [5.41, 5.74) is 0.0182. The third-order valence-electron chi connectivity index (χ3n) is 3.17. The van der Waals surface area contributed by atoms with Gasteiger partial charge in [0.1, 0.15) is 6.61 Å². The first-order valence-corrected chi connectivity index (χ1v) is 6.78. The molecule has 0 atom stereocenters. The van der Waals surface area contributed by atoms with Crippen LogP contribution in [0, 0.1) is 0 Å².